The molecule has 0 atom stereocenters. The second-order valence-corrected chi connectivity index (χ2v) is 4.84. The van der Waals surface area contributed by atoms with E-state index in [0.717, 1.165) is 0 Å². The first-order valence-corrected chi connectivity index (χ1v) is 6.71. The Morgan fingerprint density at radius 2 is 2.23 bits per heavy atom. The number of rotatable bonds is 5. The molecular weight excluding hydrogens is 358 g/mol. The monoisotopic (exact) mass is 367 g/mol. The number of ether oxygens (including phenoxy) is 1. The molecule has 22 heavy (non-hydrogen) atoms. The Morgan fingerprint density at radius 3 is 2.82 bits per heavy atom. The Bertz CT molecular complexity index is 741. The molecule has 0 unspecified atom stereocenters. The zero-order valence-corrected chi connectivity index (χ0v) is 12.9. The number of furan rings is 1. The van der Waals surface area contributed by atoms with E-state index in [0.29, 0.717) is 15.8 Å². The molecule has 0 spiro atoms. The number of benzene rings is 1. The van der Waals surface area contributed by atoms with E-state index in [1.165, 1.54) is 25.5 Å². The van der Waals surface area contributed by atoms with E-state index < -0.39 is 16.7 Å². The minimum atomic E-state index is -0.662. The largest absolute Gasteiger partial charge is 0.496 e. The van der Waals surface area contributed by atoms with Gasteiger partial charge in [0.05, 0.1) is 23.9 Å². The Hall–Kier alpha value is -2.68. The van der Waals surface area contributed by atoms with Crippen molar-refractivity contribution in [3.05, 3.63) is 56.2 Å². The highest BCUT2D eigenvalue weighted by Gasteiger charge is 2.11. The van der Waals surface area contributed by atoms with Gasteiger partial charge in [0.15, 0.2) is 5.76 Å². The van der Waals surface area contributed by atoms with Crippen LogP contribution in [0.5, 0.6) is 5.75 Å². The lowest BCUT2D eigenvalue weighted by Gasteiger charge is -2.05. The number of nitro groups is 1. The van der Waals surface area contributed by atoms with E-state index in [9.17, 15) is 14.9 Å². The van der Waals surface area contributed by atoms with Crippen molar-refractivity contribution in [1.29, 1.82) is 0 Å². The lowest BCUT2D eigenvalue weighted by Crippen LogP contribution is -2.17. The third-order valence-corrected chi connectivity index (χ3v) is 3.18. The lowest BCUT2D eigenvalue weighted by molar-refractivity contribution is -0.402. The van der Waals surface area contributed by atoms with Crippen molar-refractivity contribution >= 4 is 33.9 Å². The third-order valence-electron chi connectivity index (χ3n) is 2.56. The van der Waals surface area contributed by atoms with Crippen molar-refractivity contribution in [1.82, 2.24) is 5.43 Å². The second-order valence-electron chi connectivity index (χ2n) is 3.98. The molecule has 2 rings (SSSR count). The Kier molecular flexibility index (Phi) is 4.89. The Balaban J connectivity index is 2.01. The molecule has 1 heterocycles. The summed E-state index contributed by atoms with van der Waals surface area (Å²) < 4.78 is 10.6. The van der Waals surface area contributed by atoms with Crippen LogP contribution >= 0.6 is 15.9 Å². The number of nitrogens with zero attached hydrogens (tertiary/aromatic N) is 2. The maximum atomic E-state index is 11.9. The average molecular weight is 368 g/mol. The van der Waals surface area contributed by atoms with Gasteiger partial charge in [0.1, 0.15) is 10.7 Å². The molecule has 0 fully saturated rings. The van der Waals surface area contributed by atoms with Crippen LogP contribution in [0.15, 0.2) is 44.3 Å². The molecule has 0 aliphatic carbocycles. The quantitative estimate of drug-likeness (QED) is 0.496. The molecule has 8 nitrogen and oxygen atoms in total. The molecule has 0 saturated carbocycles. The zero-order valence-electron chi connectivity index (χ0n) is 11.3. The lowest BCUT2D eigenvalue weighted by atomic mass is 10.2. The van der Waals surface area contributed by atoms with Crippen LogP contribution < -0.4 is 10.2 Å². The molecule has 0 bridgehead atoms. The van der Waals surface area contributed by atoms with Gasteiger partial charge in [-0.2, -0.15) is 5.10 Å². The van der Waals surface area contributed by atoms with Crippen molar-refractivity contribution in [2.45, 2.75) is 0 Å². The molecule has 2 aromatic rings. The van der Waals surface area contributed by atoms with E-state index in [-0.39, 0.29) is 5.76 Å². The van der Waals surface area contributed by atoms with Crippen LogP contribution in [0.1, 0.15) is 16.1 Å². The van der Waals surface area contributed by atoms with E-state index in [1.807, 2.05) is 0 Å². The summed E-state index contributed by atoms with van der Waals surface area (Å²) >= 11 is 3.27. The SMILES string of the molecule is COc1ccc(C(=O)N/N=C\c2ccc([N+](=O)[O-])o2)cc1Br. The highest BCUT2D eigenvalue weighted by Crippen LogP contribution is 2.25. The van der Waals surface area contributed by atoms with Crippen LogP contribution in [0.2, 0.25) is 0 Å². The molecule has 1 aromatic heterocycles. The minimum absolute atomic E-state index is 0.155. The first-order chi connectivity index (χ1) is 10.5. The molecule has 114 valence electrons. The standard InChI is InChI=1S/C13H10BrN3O5/c1-21-11-4-2-8(6-10(11)14)13(18)16-15-7-9-3-5-12(22-9)17(19)20/h2-7H,1H3,(H,16,18)/b15-7-. The molecule has 0 aliphatic heterocycles. The van der Waals surface area contributed by atoms with Gasteiger partial charge in [-0.1, -0.05) is 0 Å². The zero-order chi connectivity index (χ0) is 16.1. The van der Waals surface area contributed by atoms with Gasteiger partial charge in [-0.05, 0) is 40.2 Å². The van der Waals surface area contributed by atoms with Crippen molar-refractivity contribution in [2.24, 2.45) is 5.10 Å². The maximum Gasteiger partial charge on any atom is 0.433 e. The van der Waals surface area contributed by atoms with Gasteiger partial charge in [-0.15, -0.1) is 0 Å². The van der Waals surface area contributed by atoms with Crippen LogP contribution in [-0.2, 0) is 0 Å². The first-order valence-electron chi connectivity index (χ1n) is 5.92. The molecule has 0 saturated heterocycles. The number of hydrogen-bond donors (Lipinski definition) is 1. The highest BCUT2D eigenvalue weighted by atomic mass is 79.9. The van der Waals surface area contributed by atoms with Crippen LogP contribution in [-0.4, -0.2) is 24.2 Å². The van der Waals surface area contributed by atoms with Crippen LogP contribution in [0, 0.1) is 10.1 Å². The summed E-state index contributed by atoms with van der Waals surface area (Å²) in [5.41, 5.74) is 2.66. The fourth-order valence-electron chi connectivity index (χ4n) is 1.54. The molecule has 1 aromatic carbocycles. The Labute approximate surface area is 133 Å². The van der Waals surface area contributed by atoms with Crippen molar-refractivity contribution in [3.63, 3.8) is 0 Å². The summed E-state index contributed by atoms with van der Waals surface area (Å²) in [5.74, 6) is -0.0848. The van der Waals surface area contributed by atoms with E-state index >= 15 is 0 Å². The van der Waals surface area contributed by atoms with Gasteiger partial charge in [0.2, 0.25) is 0 Å². The molecule has 1 amide bonds. The van der Waals surface area contributed by atoms with Crippen LogP contribution in [0.25, 0.3) is 0 Å². The average Bonchev–Trinajstić information content (AvgIpc) is 2.96. The summed E-state index contributed by atoms with van der Waals surface area (Å²) in [7, 11) is 1.52. The number of amides is 1. The maximum absolute atomic E-state index is 11.9. The summed E-state index contributed by atoms with van der Waals surface area (Å²) in [5, 5.41) is 14.1. The van der Waals surface area contributed by atoms with E-state index in [4.69, 9.17) is 9.15 Å². The fraction of sp³-hybridized carbons (Fsp3) is 0.0769. The summed E-state index contributed by atoms with van der Waals surface area (Å²) in [6, 6.07) is 7.37. The molecule has 1 N–H and O–H groups in total. The first kappa shape index (κ1) is 15.7. The second kappa shape index (κ2) is 6.85. The smallest absolute Gasteiger partial charge is 0.433 e. The van der Waals surface area contributed by atoms with Gasteiger partial charge in [0, 0.05) is 5.56 Å². The van der Waals surface area contributed by atoms with Gasteiger partial charge in [-0.3, -0.25) is 14.9 Å². The molecule has 0 radical (unpaired) electrons. The highest BCUT2D eigenvalue weighted by molar-refractivity contribution is 9.10. The molecule has 0 aliphatic rings. The van der Waals surface area contributed by atoms with E-state index in [2.05, 4.69) is 26.5 Å². The predicted molar refractivity (Wildman–Crippen MR) is 81.1 cm³/mol. The molecule has 9 heteroatoms. The number of carbonyl (C=O) groups is 1. The topological polar surface area (TPSA) is 107 Å². The Morgan fingerprint density at radius 1 is 1.45 bits per heavy atom. The third kappa shape index (κ3) is 3.70. The number of nitrogens with one attached hydrogen (secondary N) is 1. The predicted octanol–water partition coefficient (Wildman–Crippen LogP) is 2.72. The van der Waals surface area contributed by atoms with Crippen molar-refractivity contribution in [2.75, 3.05) is 7.11 Å². The fourth-order valence-corrected chi connectivity index (χ4v) is 2.08. The number of halogens is 1. The summed E-state index contributed by atoms with van der Waals surface area (Å²) in [6.45, 7) is 0. The van der Waals surface area contributed by atoms with Crippen LogP contribution in [0.4, 0.5) is 5.88 Å². The van der Waals surface area contributed by atoms with Crippen molar-refractivity contribution < 1.29 is 18.9 Å². The van der Waals surface area contributed by atoms with Gasteiger partial charge in [-0.25, -0.2) is 5.43 Å². The van der Waals surface area contributed by atoms with Gasteiger partial charge < -0.3 is 9.15 Å². The number of hydrazone groups is 1. The summed E-state index contributed by atoms with van der Waals surface area (Å²) in [4.78, 5) is 21.7. The van der Waals surface area contributed by atoms with E-state index in [1.54, 1.807) is 18.2 Å². The minimum Gasteiger partial charge on any atom is -0.496 e. The van der Waals surface area contributed by atoms with Gasteiger partial charge in [0.25, 0.3) is 5.91 Å². The van der Waals surface area contributed by atoms with Crippen molar-refractivity contribution in [3.8, 4) is 5.75 Å². The van der Waals surface area contributed by atoms with Gasteiger partial charge >= 0.3 is 5.88 Å². The normalized spacial score (nSPS) is 10.6. The number of carbonyl (C=O) groups excluding carboxylic acids is 1. The number of methoxy groups -OCH3 is 1. The summed E-state index contributed by atoms with van der Waals surface area (Å²) in [6.07, 6.45) is 1.17. The van der Waals surface area contributed by atoms with Crippen LogP contribution in [0.3, 0.4) is 0 Å². The number of hydrogen-bond acceptors (Lipinski definition) is 6. The molecular formula is C13H10BrN3O5.